The van der Waals surface area contributed by atoms with Crippen LogP contribution in [-0.4, -0.2) is 75.6 Å². The maximum atomic E-state index is 11.2. The molecule has 0 aliphatic carbocycles. The van der Waals surface area contributed by atoms with Gasteiger partial charge in [-0.15, -0.1) is 0 Å². The van der Waals surface area contributed by atoms with E-state index in [2.05, 4.69) is 9.98 Å². The van der Waals surface area contributed by atoms with Gasteiger partial charge in [-0.2, -0.15) is 0 Å². The zero-order chi connectivity index (χ0) is 17.6. The number of carbonyl (C=O) groups is 1. The van der Waals surface area contributed by atoms with E-state index in [1.165, 1.54) is 12.3 Å². The number of guanidine groups is 1. The van der Waals surface area contributed by atoms with E-state index in [-0.39, 0.29) is 18.1 Å². The van der Waals surface area contributed by atoms with Crippen molar-refractivity contribution in [3.63, 3.8) is 0 Å². The van der Waals surface area contributed by atoms with Gasteiger partial charge < -0.3 is 36.6 Å². The number of rotatable bonds is 7. The predicted molar refractivity (Wildman–Crippen MR) is 81.9 cm³/mol. The van der Waals surface area contributed by atoms with Crippen molar-refractivity contribution in [3.05, 3.63) is 11.8 Å². The number of hydrogen-bond acceptors (Lipinski definition) is 7. The third-order valence-corrected chi connectivity index (χ3v) is 3.27. The molecule has 0 aromatic rings. The molecule has 10 nitrogen and oxygen atoms in total. The van der Waals surface area contributed by atoms with Gasteiger partial charge in [-0.3, -0.25) is 4.99 Å². The van der Waals surface area contributed by atoms with Crippen LogP contribution < -0.4 is 11.5 Å². The maximum Gasteiger partial charge on any atom is 0.370 e. The Morgan fingerprint density at radius 1 is 1.43 bits per heavy atom. The molecular weight excluding hydrogens is 308 g/mol. The topological polar surface area (TPSA) is 184 Å². The van der Waals surface area contributed by atoms with Crippen molar-refractivity contribution in [2.24, 2.45) is 21.5 Å². The van der Waals surface area contributed by atoms with Crippen molar-refractivity contribution >= 4 is 18.1 Å². The summed E-state index contributed by atoms with van der Waals surface area (Å²) in [5, 5.41) is 37.3. The molecule has 0 saturated heterocycles. The highest BCUT2D eigenvalue weighted by Gasteiger charge is 2.38. The van der Waals surface area contributed by atoms with Crippen LogP contribution in [-0.2, 0) is 9.53 Å². The number of carboxylic acid groups (broad SMARTS) is 1. The normalized spacial score (nSPS) is 27.0. The average Bonchev–Trinajstić information content (AvgIpc) is 2.48. The highest BCUT2D eigenvalue weighted by molar-refractivity contribution is 5.85. The molecule has 130 valence electrons. The standard InChI is InChI=1S/C13H22N4O6/c1-2-16-11-6(17-13(14)15)3-10(12(21)22)23-9(11)4-7(19)8(20)5-18/h2-3,6-9,11,18-20H,4-5H2,1H3,(H,21,22)(H4,14,15,17)/t6-,7-,8+,9-,11?/m0/s1. The van der Waals surface area contributed by atoms with E-state index in [4.69, 9.17) is 26.4 Å². The van der Waals surface area contributed by atoms with E-state index in [0.29, 0.717) is 0 Å². The van der Waals surface area contributed by atoms with Gasteiger partial charge in [-0.1, -0.05) is 0 Å². The molecule has 0 aromatic carbocycles. The first-order chi connectivity index (χ1) is 10.8. The maximum absolute atomic E-state index is 11.2. The van der Waals surface area contributed by atoms with Gasteiger partial charge in [0.2, 0.25) is 5.76 Å². The summed E-state index contributed by atoms with van der Waals surface area (Å²) in [6.45, 7) is 1.01. The highest BCUT2D eigenvalue weighted by Crippen LogP contribution is 2.27. The summed E-state index contributed by atoms with van der Waals surface area (Å²) in [4.78, 5) is 19.3. The fraction of sp³-hybridized carbons (Fsp3) is 0.615. The molecule has 0 spiro atoms. The lowest BCUT2D eigenvalue weighted by Gasteiger charge is -2.34. The van der Waals surface area contributed by atoms with Gasteiger partial charge in [0, 0.05) is 6.42 Å². The number of aliphatic hydroxyl groups is 3. The molecule has 0 aromatic heterocycles. The number of hydrogen-bond donors (Lipinski definition) is 6. The number of nitrogens with zero attached hydrogens (tertiary/aromatic N) is 2. The van der Waals surface area contributed by atoms with Crippen molar-refractivity contribution in [1.29, 1.82) is 0 Å². The fourth-order valence-electron chi connectivity index (χ4n) is 2.21. The van der Waals surface area contributed by atoms with Crippen molar-refractivity contribution in [1.82, 2.24) is 0 Å². The minimum absolute atomic E-state index is 0.162. The van der Waals surface area contributed by atoms with Crippen LogP contribution in [0.25, 0.3) is 0 Å². The zero-order valence-electron chi connectivity index (χ0n) is 12.6. The minimum Gasteiger partial charge on any atom is -0.481 e. The van der Waals surface area contributed by atoms with Gasteiger partial charge >= 0.3 is 5.97 Å². The first-order valence-corrected chi connectivity index (χ1v) is 6.95. The molecule has 0 amide bonds. The highest BCUT2D eigenvalue weighted by atomic mass is 16.5. The summed E-state index contributed by atoms with van der Waals surface area (Å²) in [5.41, 5.74) is 10.7. The SMILES string of the molecule is CC=NC1[C@@H](N=C(N)N)C=C(C(=O)O)O[C@H]1C[C@H](O)[C@H](O)CO. The Hall–Kier alpha value is -2.17. The average molecular weight is 330 g/mol. The Kier molecular flexibility index (Phi) is 6.94. The van der Waals surface area contributed by atoms with E-state index in [1.54, 1.807) is 6.92 Å². The van der Waals surface area contributed by atoms with Crippen molar-refractivity contribution < 1.29 is 30.0 Å². The molecule has 23 heavy (non-hydrogen) atoms. The molecular formula is C13H22N4O6. The second-order valence-corrected chi connectivity index (χ2v) is 4.99. The molecule has 0 radical (unpaired) electrons. The number of aliphatic imine (C=N–C) groups is 2. The number of ether oxygens (including phenoxy) is 1. The van der Waals surface area contributed by atoms with E-state index in [1.807, 2.05) is 0 Å². The van der Waals surface area contributed by atoms with E-state index in [0.717, 1.165) is 0 Å². The van der Waals surface area contributed by atoms with Crippen LogP contribution in [0.15, 0.2) is 21.8 Å². The van der Waals surface area contributed by atoms with Crippen LogP contribution in [0.2, 0.25) is 0 Å². The van der Waals surface area contributed by atoms with Gasteiger partial charge in [0.15, 0.2) is 5.96 Å². The third-order valence-electron chi connectivity index (χ3n) is 3.27. The van der Waals surface area contributed by atoms with Crippen molar-refractivity contribution in [2.75, 3.05) is 6.61 Å². The smallest absolute Gasteiger partial charge is 0.370 e. The Bertz CT molecular complexity index is 503. The lowest BCUT2D eigenvalue weighted by Crippen LogP contribution is -2.46. The van der Waals surface area contributed by atoms with E-state index < -0.39 is 43.0 Å². The molecule has 1 aliphatic rings. The molecule has 1 aliphatic heterocycles. The van der Waals surface area contributed by atoms with Crippen LogP contribution in [0.3, 0.4) is 0 Å². The lowest BCUT2D eigenvalue weighted by atomic mass is 9.93. The lowest BCUT2D eigenvalue weighted by molar-refractivity contribution is -0.139. The fourth-order valence-corrected chi connectivity index (χ4v) is 2.21. The monoisotopic (exact) mass is 330 g/mol. The molecule has 0 fully saturated rings. The van der Waals surface area contributed by atoms with Crippen LogP contribution in [0.5, 0.6) is 0 Å². The van der Waals surface area contributed by atoms with Crippen molar-refractivity contribution in [3.8, 4) is 0 Å². The van der Waals surface area contributed by atoms with Crippen LogP contribution >= 0.6 is 0 Å². The van der Waals surface area contributed by atoms with Gasteiger partial charge in [-0.25, -0.2) is 9.79 Å². The zero-order valence-corrected chi connectivity index (χ0v) is 12.6. The van der Waals surface area contributed by atoms with Gasteiger partial charge in [0.05, 0.1) is 12.7 Å². The van der Waals surface area contributed by atoms with E-state index >= 15 is 0 Å². The second-order valence-electron chi connectivity index (χ2n) is 4.99. The summed E-state index contributed by atoms with van der Waals surface area (Å²) < 4.78 is 5.33. The van der Waals surface area contributed by atoms with Gasteiger partial charge in [-0.05, 0) is 19.2 Å². The number of aliphatic hydroxyl groups excluding tert-OH is 3. The quantitative estimate of drug-likeness (QED) is 0.219. The largest absolute Gasteiger partial charge is 0.481 e. The number of aliphatic carboxylic acids is 1. The summed E-state index contributed by atoms with van der Waals surface area (Å²) in [7, 11) is 0. The number of carboxylic acids is 1. The molecule has 1 rings (SSSR count). The van der Waals surface area contributed by atoms with Gasteiger partial charge in [0.25, 0.3) is 0 Å². The molecule has 1 heterocycles. The first-order valence-electron chi connectivity index (χ1n) is 6.95. The van der Waals surface area contributed by atoms with Crippen LogP contribution in [0, 0.1) is 0 Å². The summed E-state index contributed by atoms with van der Waals surface area (Å²) >= 11 is 0. The van der Waals surface area contributed by atoms with Gasteiger partial charge in [0.1, 0.15) is 24.3 Å². The summed E-state index contributed by atoms with van der Waals surface area (Å²) in [6, 6.07) is -1.48. The molecule has 10 heteroatoms. The minimum atomic E-state index is -1.38. The second kappa shape index (κ2) is 8.46. The molecule has 5 atom stereocenters. The Labute approximate surface area is 132 Å². The Morgan fingerprint density at radius 2 is 2.09 bits per heavy atom. The summed E-state index contributed by atoms with van der Waals surface area (Å²) in [6.07, 6.45) is -1.06. The Morgan fingerprint density at radius 3 is 2.57 bits per heavy atom. The van der Waals surface area contributed by atoms with Crippen molar-refractivity contribution in [2.45, 2.75) is 43.7 Å². The summed E-state index contributed by atoms with van der Waals surface area (Å²) in [5.74, 6) is -1.94. The molecule has 1 unspecified atom stereocenters. The first kappa shape index (κ1) is 18.9. The third kappa shape index (κ3) is 5.20. The number of nitrogens with two attached hydrogens (primary N) is 2. The molecule has 0 bridgehead atoms. The van der Waals surface area contributed by atoms with E-state index in [9.17, 15) is 15.0 Å². The van der Waals surface area contributed by atoms with Crippen LogP contribution in [0.1, 0.15) is 13.3 Å². The molecule has 8 N–H and O–H groups in total. The van der Waals surface area contributed by atoms with Crippen LogP contribution in [0.4, 0.5) is 0 Å². The predicted octanol–water partition coefficient (Wildman–Crippen LogP) is -2.44. The molecule has 0 saturated carbocycles. The Balaban J connectivity index is 3.13.